The van der Waals surface area contributed by atoms with Crippen LogP contribution in [0.25, 0.3) is 0 Å². The molecule has 0 unspecified atom stereocenters. The Morgan fingerprint density at radius 3 is 2.82 bits per heavy atom. The Labute approximate surface area is 108 Å². The maximum Gasteiger partial charge on any atom is 0.139 e. The Bertz CT molecular complexity index is 413. The molecule has 1 aromatic heterocycles. The SMILES string of the molecule is CC(C)CN(c1ncccc1C(N)=S)C1CC1. The van der Waals surface area contributed by atoms with Gasteiger partial charge in [-0.05, 0) is 30.9 Å². The fraction of sp³-hybridized carbons (Fsp3) is 0.538. The monoisotopic (exact) mass is 249 g/mol. The van der Waals surface area contributed by atoms with E-state index in [1.807, 2.05) is 18.3 Å². The fourth-order valence-electron chi connectivity index (χ4n) is 2.01. The third kappa shape index (κ3) is 2.94. The summed E-state index contributed by atoms with van der Waals surface area (Å²) >= 11 is 5.10. The predicted molar refractivity (Wildman–Crippen MR) is 75.3 cm³/mol. The summed E-state index contributed by atoms with van der Waals surface area (Å²) in [5, 5.41) is 0. The zero-order valence-corrected chi connectivity index (χ0v) is 11.2. The van der Waals surface area contributed by atoms with Crippen molar-refractivity contribution in [3.05, 3.63) is 23.9 Å². The molecule has 92 valence electrons. The average molecular weight is 249 g/mol. The minimum atomic E-state index is 0.433. The highest BCUT2D eigenvalue weighted by molar-refractivity contribution is 7.80. The Morgan fingerprint density at radius 1 is 1.59 bits per heavy atom. The Balaban J connectivity index is 2.31. The molecule has 2 N–H and O–H groups in total. The van der Waals surface area contributed by atoms with Gasteiger partial charge in [-0.15, -0.1) is 0 Å². The summed E-state index contributed by atoms with van der Waals surface area (Å²) in [6.45, 7) is 5.45. The van der Waals surface area contributed by atoms with E-state index >= 15 is 0 Å². The van der Waals surface area contributed by atoms with Crippen LogP contribution < -0.4 is 10.6 Å². The zero-order chi connectivity index (χ0) is 12.4. The van der Waals surface area contributed by atoms with Crippen molar-refractivity contribution in [3.8, 4) is 0 Å². The van der Waals surface area contributed by atoms with Gasteiger partial charge in [0.25, 0.3) is 0 Å². The molecule has 0 radical (unpaired) electrons. The first kappa shape index (κ1) is 12.3. The third-order valence-electron chi connectivity index (χ3n) is 2.87. The van der Waals surface area contributed by atoms with E-state index < -0.39 is 0 Å². The first-order valence-corrected chi connectivity index (χ1v) is 6.52. The van der Waals surface area contributed by atoms with Crippen LogP contribution >= 0.6 is 12.2 Å². The van der Waals surface area contributed by atoms with Gasteiger partial charge >= 0.3 is 0 Å². The molecule has 1 aromatic rings. The van der Waals surface area contributed by atoms with Crippen molar-refractivity contribution in [1.29, 1.82) is 0 Å². The molecule has 4 heteroatoms. The van der Waals surface area contributed by atoms with E-state index in [4.69, 9.17) is 18.0 Å². The van der Waals surface area contributed by atoms with Crippen molar-refractivity contribution in [2.24, 2.45) is 11.7 Å². The van der Waals surface area contributed by atoms with Gasteiger partial charge in [0.2, 0.25) is 0 Å². The second kappa shape index (κ2) is 5.00. The molecule has 1 aliphatic rings. The van der Waals surface area contributed by atoms with E-state index in [9.17, 15) is 0 Å². The minimum absolute atomic E-state index is 0.433. The van der Waals surface area contributed by atoms with Crippen molar-refractivity contribution in [2.75, 3.05) is 11.4 Å². The quantitative estimate of drug-likeness (QED) is 0.813. The molecular weight excluding hydrogens is 230 g/mol. The van der Waals surface area contributed by atoms with E-state index in [2.05, 4.69) is 23.7 Å². The molecule has 0 spiro atoms. The highest BCUT2D eigenvalue weighted by Gasteiger charge is 2.31. The fourth-order valence-corrected chi connectivity index (χ4v) is 2.17. The Morgan fingerprint density at radius 2 is 2.29 bits per heavy atom. The lowest BCUT2D eigenvalue weighted by atomic mass is 10.1. The summed E-state index contributed by atoms with van der Waals surface area (Å²) < 4.78 is 0. The van der Waals surface area contributed by atoms with Gasteiger partial charge in [0.1, 0.15) is 10.8 Å². The molecule has 3 nitrogen and oxygen atoms in total. The number of aromatic nitrogens is 1. The van der Waals surface area contributed by atoms with Gasteiger partial charge < -0.3 is 10.6 Å². The standard InChI is InChI=1S/C13H19N3S/c1-9(2)8-16(10-5-6-10)13-11(12(14)17)4-3-7-15-13/h3-4,7,9-10H,5-6,8H2,1-2H3,(H2,14,17). The molecule has 0 atom stereocenters. The normalized spacial score (nSPS) is 15.0. The lowest BCUT2D eigenvalue weighted by Gasteiger charge is -2.27. The zero-order valence-electron chi connectivity index (χ0n) is 10.4. The number of anilines is 1. The number of hydrogen-bond acceptors (Lipinski definition) is 3. The third-order valence-corrected chi connectivity index (χ3v) is 3.09. The number of nitrogens with two attached hydrogens (primary N) is 1. The largest absolute Gasteiger partial charge is 0.389 e. The van der Waals surface area contributed by atoms with E-state index in [1.165, 1.54) is 12.8 Å². The van der Waals surface area contributed by atoms with Gasteiger partial charge in [0.05, 0.1) is 5.56 Å². The number of rotatable bonds is 5. The molecule has 0 bridgehead atoms. The van der Waals surface area contributed by atoms with Crippen molar-refractivity contribution in [1.82, 2.24) is 4.98 Å². The molecule has 17 heavy (non-hydrogen) atoms. The molecule has 0 aromatic carbocycles. The van der Waals surface area contributed by atoms with Gasteiger partial charge in [-0.1, -0.05) is 26.1 Å². The van der Waals surface area contributed by atoms with Crippen LogP contribution in [0.3, 0.4) is 0 Å². The van der Waals surface area contributed by atoms with Crippen LogP contribution in [0, 0.1) is 5.92 Å². The van der Waals surface area contributed by atoms with Crippen LogP contribution in [0.2, 0.25) is 0 Å². The van der Waals surface area contributed by atoms with Crippen molar-refractivity contribution < 1.29 is 0 Å². The predicted octanol–water partition coefficient (Wildman–Crippen LogP) is 2.34. The molecule has 0 aliphatic heterocycles. The number of pyridine rings is 1. The summed E-state index contributed by atoms with van der Waals surface area (Å²) in [6.07, 6.45) is 4.31. The molecule has 1 fully saturated rings. The Hall–Kier alpha value is -1.16. The van der Waals surface area contributed by atoms with Gasteiger partial charge in [-0.3, -0.25) is 0 Å². The van der Waals surface area contributed by atoms with Gasteiger partial charge in [-0.2, -0.15) is 0 Å². The van der Waals surface area contributed by atoms with Crippen LogP contribution in [-0.2, 0) is 0 Å². The van der Waals surface area contributed by atoms with Crippen LogP contribution in [0.4, 0.5) is 5.82 Å². The van der Waals surface area contributed by atoms with Crippen molar-refractivity contribution in [3.63, 3.8) is 0 Å². The van der Waals surface area contributed by atoms with E-state index in [-0.39, 0.29) is 0 Å². The van der Waals surface area contributed by atoms with Crippen LogP contribution in [0.1, 0.15) is 32.3 Å². The molecule has 1 aliphatic carbocycles. The van der Waals surface area contributed by atoms with Gasteiger partial charge in [0, 0.05) is 18.8 Å². The summed E-state index contributed by atoms with van der Waals surface area (Å²) in [5.74, 6) is 1.56. The number of hydrogen-bond donors (Lipinski definition) is 1. The van der Waals surface area contributed by atoms with Crippen molar-refractivity contribution in [2.45, 2.75) is 32.7 Å². The number of thiocarbonyl (C=S) groups is 1. The molecule has 1 heterocycles. The summed E-state index contributed by atoms with van der Waals surface area (Å²) in [7, 11) is 0. The summed E-state index contributed by atoms with van der Waals surface area (Å²) in [4.78, 5) is 7.27. The smallest absolute Gasteiger partial charge is 0.139 e. The van der Waals surface area contributed by atoms with Gasteiger partial charge in [-0.25, -0.2) is 4.98 Å². The van der Waals surface area contributed by atoms with E-state index in [0.717, 1.165) is 17.9 Å². The molecule has 2 rings (SSSR count). The molecule has 1 saturated carbocycles. The van der Waals surface area contributed by atoms with Crippen molar-refractivity contribution >= 4 is 23.0 Å². The molecule has 0 amide bonds. The second-order valence-electron chi connectivity index (χ2n) is 5.02. The first-order valence-electron chi connectivity index (χ1n) is 6.11. The Kier molecular flexibility index (Phi) is 3.62. The first-order chi connectivity index (χ1) is 8.09. The lowest BCUT2D eigenvalue weighted by molar-refractivity contribution is 0.602. The maximum atomic E-state index is 5.77. The molecule has 0 saturated heterocycles. The number of nitrogens with zero attached hydrogens (tertiary/aromatic N) is 2. The maximum absolute atomic E-state index is 5.77. The van der Waals surface area contributed by atoms with Gasteiger partial charge in [0.15, 0.2) is 0 Å². The highest BCUT2D eigenvalue weighted by Crippen LogP contribution is 2.32. The van der Waals surface area contributed by atoms with Crippen LogP contribution in [-0.4, -0.2) is 22.6 Å². The second-order valence-corrected chi connectivity index (χ2v) is 5.46. The lowest BCUT2D eigenvalue weighted by Crippen LogP contribution is -2.32. The average Bonchev–Trinajstić information content (AvgIpc) is 3.09. The minimum Gasteiger partial charge on any atom is -0.389 e. The summed E-state index contributed by atoms with van der Waals surface area (Å²) in [6, 6.07) is 4.47. The van der Waals surface area contributed by atoms with E-state index in [0.29, 0.717) is 16.9 Å². The highest BCUT2D eigenvalue weighted by atomic mass is 32.1. The van der Waals surface area contributed by atoms with Crippen LogP contribution in [0.15, 0.2) is 18.3 Å². The molecular formula is C13H19N3S. The summed E-state index contributed by atoms with van der Waals surface area (Å²) in [5.41, 5.74) is 6.67. The topological polar surface area (TPSA) is 42.2 Å². The van der Waals surface area contributed by atoms with E-state index in [1.54, 1.807) is 0 Å². The van der Waals surface area contributed by atoms with Crippen LogP contribution in [0.5, 0.6) is 0 Å².